The molecule has 2 heterocycles. The molecule has 2 aromatic heterocycles. The molecule has 2 aromatic carbocycles. The minimum atomic E-state index is -0.233. The van der Waals surface area contributed by atoms with Gasteiger partial charge in [-0.1, -0.05) is 55.9 Å². The van der Waals surface area contributed by atoms with E-state index in [-0.39, 0.29) is 18.3 Å². The predicted molar refractivity (Wildman–Crippen MR) is 126 cm³/mol. The van der Waals surface area contributed by atoms with Crippen molar-refractivity contribution in [3.63, 3.8) is 0 Å². The van der Waals surface area contributed by atoms with E-state index in [1.54, 1.807) is 35.3 Å². The van der Waals surface area contributed by atoms with Gasteiger partial charge >= 0.3 is 0 Å². The largest absolute Gasteiger partial charge is 0.345 e. The van der Waals surface area contributed by atoms with Gasteiger partial charge in [0.15, 0.2) is 11.0 Å². The van der Waals surface area contributed by atoms with Gasteiger partial charge in [-0.15, -0.1) is 10.2 Å². The highest BCUT2D eigenvalue weighted by Gasteiger charge is 2.17. The van der Waals surface area contributed by atoms with Crippen LogP contribution in [-0.4, -0.2) is 30.5 Å². The fourth-order valence-electron chi connectivity index (χ4n) is 3.39. The molecule has 0 aliphatic carbocycles. The number of para-hydroxylation sites is 1. The number of hydrogen-bond donors (Lipinski definition) is 1. The Balaban J connectivity index is 1.49. The zero-order valence-corrected chi connectivity index (χ0v) is 19.3. The maximum atomic E-state index is 14.0. The molecule has 33 heavy (non-hydrogen) atoms. The van der Waals surface area contributed by atoms with Gasteiger partial charge in [0.2, 0.25) is 0 Å². The zero-order chi connectivity index (χ0) is 23.2. The topological polar surface area (TPSA) is 77.6 Å². The zero-order valence-electron chi connectivity index (χ0n) is 18.5. The predicted octanol–water partition coefficient (Wildman–Crippen LogP) is 4.48. The Kier molecular flexibility index (Phi) is 7.19. The van der Waals surface area contributed by atoms with Crippen molar-refractivity contribution in [2.75, 3.05) is 0 Å². The summed E-state index contributed by atoms with van der Waals surface area (Å²) >= 11 is 1.43. The smallest absolute Gasteiger partial charge is 0.253 e. The van der Waals surface area contributed by atoms with Crippen molar-refractivity contribution in [1.29, 1.82) is 0 Å². The van der Waals surface area contributed by atoms with E-state index >= 15 is 0 Å². The molecule has 1 N–H and O–H groups in total. The number of hydrogen-bond acceptors (Lipinski definition) is 5. The molecule has 0 fully saturated rings. The molecule has 9 heteroatoms. The Morgan fingerprint density at radius 1 is 1.09 bits per heavy atom. The van der Waals surface area contributed by atoms with Crippen molar-refractivity contribution in [3.05, 3.63) is 89.8 Å². The first-order valence-corrected chi connectivity index (χ1v) is 11.7. The number of nitrogens with one attached hydrogen (secondary N) is 1. The van der Waals surface area contributed by atoms with Gasteiger partial charge in [0.05, 0.1) is 17.8 Å². The minimum absolute atomic E-state index is 0.222. The van der Waals surface area contributed by atoms with Gasteiger partial charge in [-0.3, -0.25) is 4.79 Å². The fourth-order valence-corrected chi connectivity index (χ4v) is 4.35. The van der Waals surface area contributed by atoms with Crippen LogP contribution in [0.15, 0.2) is 72.1 Å². The Morgan fingerprint density at radius 3 is 2.64 bits per heavy atom. The lowest BCUT2D eigenvalue weighted by Crippen LogP contribution is -2.26. The first-order chi connectivity index (χ1) is 16.0. The molecular weight excluding hydrogens is 439 g/mol. The van der Waals surface area contributed by atoms with Crippen molar-refractivity contribution < 1.29 is 9.18 Å². The number of amides is 1. The highest BCUT2D eigenvalue weighted by Crippen LogP contribution is 2.24. The third kappa shape index (κ3) is 5.48. The van der Waals surface area contributed by atoms with Crippen LogP contribution in [-0.2, 0) is 18.8 Å². The van der Waals surface area contributed by atoms with E-state index in [1.807, 2.05) is 34.9 Å². The Morgan fingerprint density at radius 2 is 1.88 bits per heavy atom. The van der Waals surface area contributed by atoms with Gasteiger partial charge < -0.3 is 9.88 Å². The Bertz CT molecular complexity index is 1220. The number of thioether (sulfide) groups is 1. The number of halogens is 1. The summed E-state index contributed by atoms with van der Waals surface area (Å²) in [4.78, 5) is 13.0. The molecule has 0 aliphatic heterocycles. The number of carbonyl (C=O) groups excluding carboxylic acids is 1. The Labute approximate surface area is 196 Å². The molecule has 7 nitrogen and oxygen atoms in total. The molecule has 1 amide bonds. The molecule has 0 saturated heterocycles. The highest BCUT2D eigenvalue weighted by atomic mass is 32.2. The average Bonchev–Trinajstić information content (AvgIpc) is 3.47. The van der Waals surface area contributed by atoms with Crippen LogP contribution in [0.3, 0.4) is 0 Å². The standard InChI is InChI=1S/C24H25FN6OS/c1-17(2)15-30-22(28-29-24(30)33-16-18-8-3-5-10-20(18)25)14-26-23(32)19-9-4-6-11-21(19)31-13-7-12-27-31/h3-13,17H,14-16H2,1-2H3,(H,26,32). The second-order valence-electron chi connectivity index (χ2n) is 7.93. The molecule has 0 atom stereocenters. The van der Waals surface area contributed by atoms with Crippen molar-refractivity contribution in [1.82, 2.24) is 29.9 Å². The van der Waals surface area contributed by atoms with E-state index in [2.05, 4.69) is 34.5 Å². The van der Waals surface area contributed by atoms with Crippen molar-refractivity contribution >= 4 is 17.7 Å². The van der Waals surface area contributed by atoms with Gasteiger partial charge in [-0.25, -0.2) is 9.07 Å². The maximum absolute atomic E-state index is 14.0. The van der Waals surface area contributed by atoms with E-state index in [1.165, 1.54) is 17.8 Å². The summed E-state index contributed by atoms with van der Waals surface area (Å²) in [6.45, 7) is 5.13. The normalized spacial score (nSPS) is 11.2. The lowest BCUT2D eigenvalue weighted by Gasteiger charge is -2.14. The van der Waals surface area contributed by atoms with Crippen LogP contribution in [0.4, 0.5) is 4.39 Å². The quantitative estimate of drug-likeness (QED) is 0.370. The SMILES string of the molecule is CC(C)Cn1c(CNC(=O)c2ccccc2-n2cccn2)nnc1SCc1ccccc1F. The van der Waals surface area contributed by atoms with Crippen LogP contribution in [0.2, 0.25) is 0 Å². The molecule has 4 aromatic rings. The molecule has 170 valence electrons. The van der Waals surface area contributed by atoms with Crippen molar-refractivity contribution in [2.24, 2.45) is 5.92 Å². The number of aromatic nitrogens is 5. The first kappa shape index (κ1) is 22.7. The van der Waals surface area contributed by atoms with Gasteiger partial charge in [-0.2, -0.15) is 5.10 Å². The molecular formula is C24H25FN6OS. The second kappa shape index (κ2) is 10.4. The van der Waals surface area contributed by atoms with Crippen LogP contribution >= 0.6 is 11.8 Å². The van der Waals surface area contributed by atoms with E-state index in [9.17, 15) is 9.18 Å². The molecule has 0 bridgehead atoms. The summed E-state index contributed by atoms with van der Waals surface area (Å²) in [5, 5.41) is 16.5. The Hall–Kier alpha value is -3.46. The van der Waals surface area contributed by atoms with E-state index in [0.717, 1.165) is 0 Å². The molecule has 0 spiro atoms. The average molecular weight is 465 g/mol. The molecule has 0 radical (unpaired) electrons. The molecule has 0 unspecified atom stereocenters. The third-order valence-corrected chi connectivity index (χ3v) is 5.98. The van der Waals surface area contributed by atoms with Crippen molar-refractivity contribution in [3.8, 4) is 5.69 Å². The van der Waals surface area contributed by atoms with Crippen LogP contribution in [0, 0.1) is 11.7 Å². The summed E-state index contributed by atoms with van der Waals surface area (Å²) in [6.07, 6.45) is 3.47. The molecule has 0 saturated carbocycles. The van der Waals surface area contributed by atoms with Crippen LogP contribution < -0.4 is 5.32 Å². The van der Waals surface area contributed by atoms with E-state index in [0.29, 0.717) is 46.0 Å². The van der Waals surface area contributed by atoms with Gasteiger partial charge in [0.25, 0.3) is 5.91 Å². The number of carbonyl (C=O) groups is 1. The maximum Gasteiger partial charge on any atom is 0.253 e. The summed E-state index contributed by atoms with van der Waals surface area (Å²) in [5.41, 5.74) is 1.83. The first-order valence-electron chi connectivity index (χ1n) is 10.7. The summed E-state index contributed by atoms with van der Waals surface area (Å²) < 4.78 is 17.7. The molecule has 4 rings (SSSR count). The lowest BCUT2D eigenvalue weighted by molar-refractivity contribution is 0.0949. The van der Waals surface area contributed by atoms with Crippen LogP contribution in [0.1, 0.15) is 35.6 Å². The highest BCUT2D eigenvalue weighted by molar-refractivity contribution is 7.98. The van der Waals surface area contributed by atoms with Crippen LogP contribution in [0.5, 0.6) is 0 Å². The monoisotopic (exact) mass is 464 g/mol. The van der Waals surface area contributed by atoms with E-state index < -0.39 is 0 Å². The molecule has 0 aliphatic rings. The lowest BCUT2D eigenvalue weighted by atomic mass is 10.1. The van der Waals surface area contributed by atoms with Gasteiger partial charge in [-0.05, 0) is 35.7 Å². The number of rotatable bonds is 9. The minimum Gasteiger partial charge on any atom is -0.345 e. The summed E-state index contributed by atoms with van der Waals surface area (Å²) in [6, 6.07) is 15.8. The third-order valence-electron chi connectivity index (χ3n) is 4.96. The number of benzene rings is 2. The second-order valence-corrected chi connectivity index (χ2v) is 8.88. The van der Waals surface area contributed by atoms with Crippen LogP contribution in [0.25, 0.3) is 5.69 Å². The van der Waals surface area contributed by atoms with E-state index in [4.69, 9.17) is 0 Å². The summed E-state index contributed by atoms with van der Waals surface area (Å²) in [7, 11) is 0. The van der Waals surface area contributed by atoms with Gasteiger partial charge in [0, 0.05) is 24.7 Å². The van der Waals surface area contributed by atoms with Gasteiger partial charge in [0.1, 0.15) is 5.82 Å². The number of nitrogens with zero attached hydrogens (tertiary/aromatic N) is 5. The van der Waals surface area contributed by atoms with Crippen molar-refractivity contribution in [2.45, 2.75) is 37.8 Å². The summed E-state index contributed by atoms with van der Waals surface area (Å²) in [5.74, 6) is 1.00. The fraction of sp³-hybridized carbons (Fsp3) is 0.250.